The summed E-state index contributed by atoms with van der Waals surface area (Å²) in [5.74, 6) is 0.493. The highest BCUT2D eigenvalue weighted by molar-refractivity contribution is 5.29. The molecule has 1 aliphatic rings. The van der Waals surface area contributed by atoms with Gasteiger partial charge in [0.25, 0.3) is 0 Å². The largest absolute Gasteiger partial charge is 0.369 e. The van der Waals surface area contributed by atoms with Crippen LogP contribution in [0.25, 0.3) is 0 Å². The van der Waals surface area contributed by atoms with Crippen LogP contribution < -0.4 is 0 Å². The van der Waals surface area contributed by atoms with Crippen molar-refractivity contribution in [3.05, 3.63) is 17.0 Å². The van der Waals surface area contributed by atoms with E-state index in [1.165, 1.54) is 17.0 Å². The Morgan fingerprint density at radius 2 is 2.33 bits per heavy atom. The number of hydrogen-bond acceptors (Lipinski definition) is 3. The Morgan fingerprint density at radius 3 is 3.00 bits per heavy atom. The Labute approximate surface area is 90.6 Å². The molecule has 0 bridgehead atoms. The standard InChI is InChI=1S/C11H19N3O/c1-8(2)11-9-6-14(7-15-3)5-4-10(9)12-13-11/h8H,4-7H2,1-3H3,(H,12,13). The molecule has 0 amide bonds. The number of fused-ring (bicyclic) bond motifs is 1. The van der Waals surface area contributed by atoms with Crippen LogP contribution in [0.2, 0.25) is 0 Å². The molecule has 15 heavy (non-hydrogen) atoms. The minimum Gasteiger partial charge on any atom is -0.369 e. The first-order valence-electron chi connectivity index (χ1n) is 5.49. The highest BCUT2D eigenvalue weighted by atomic mass is 16.5. The summed E-state index contributed by atoms with van der Waals surface area (Å²) in [6.07, 6.45) is 1.05. The van der Waals surface area contributed by atoms with Gasteiger partial charge in [-0.3, -0.25) is 10.00 Å². The molecular weight excluding hydrogens is 190 g/mol. The first-order valence-corrected chi connectivity index (χ1v) is 5.49. The first kappa shape index (κ1) is 10.6. The van der Waals surface area contributed by atoms with Crippen molar-refractivity contribution >= 4 is 0 Å². The van der Waals surface area contributed by atoms with Crippen molar-refractivity contribution < 1.29 is 4.74 Å². The summed E-state index contributed by atoms with van der Waals surface area (Å²) in [7, 11) is 1.74. The molecule has 4 nitrogen and oxygen atoms in total. The summed E-state index contributed by atoms with van der Waals surface area (Å²) in [6.45, 7) is 7.10. The van der Waals surface area contributed by atoms with Crippen molar-refractivity contribution in [2.24, 2.45) is 0 Å². The highest BCUT2D eigenvalue weighted by Crippen LogP contribution is 2.25. The third kappa shape index (κ3) is 2.06. The maximum absolute atomic E-state index is 5.17. The zero-order valence-electron chi connectivity index (χ0n) is 9.71. The van der Waals surface area contributed by atoms with Crippen molar-refractivity contribution in [2.75, 3.05) is 20.4 Å². The number of aromatic amines is 1. The number of methoxy groups -OCH3 is 1. The molecule has 2 rings (SSSR count). The second-order valence-electron chi connectivity index (χ2n) is 4.44. The molecule has 0 radical (unpaired) electrons. The van der Waals surface area contributed by atoms with Crippen molar-refractivity contribution in [2.45, 2.75) is 32.7 Å². The van der Waals surface area contributed by atoms with E-state index >= 15 is 0 Å². The summed E-state index contributed by atoms with van der Waals surface area (Å²) in [4.78, 5) is 2.31. The van der Waals surface area contributed by atoms with Gasteiger partial charge in [-0.1, -0.05) is 13.8 Å². The zero-order chi connectivity index (χ0) is 10.8. The second-order valence-corrected chi connectivity index (χ2v) is 4.44. The number of nitrogens with one attached hydrogen (secondary N) is 1. The van der Waals surface area contributed by atoms with Crippen LogP contribution in [0.3, 0.4) is 0 Å². The van der Waals surface area contributed by atoms with Gasteiger partial charge in [0.05, 0.1) is 12.4 Å². The van der Waals surface area contributed by atoms with Crippen LogP contribution in [0.4, 0.5) is 0 Å². The van der Waals surface area contributed by atoms with Crippen molar-refractivity contribution in [1.82, 2.24) is 15.1 Å². The number of nitrogens with zero attached hydrogens (tertiary/aromatic N) is 2. The molecule has 0 aromatic carbocycles. The van der Waals surface area contributed by atoms with Crippen LogP contribution in [0.1, 0.15) is 36.7 Å². The smallest absolute Gasteiger partial charge is 0.0989 e. The normalized spacial score (nSPS) is 17.1. The Hall–Kier alpha value is -0.870. The maximum atomic E-state index is 5.17. The minimum absolute atomic E-state index is 0.493. The highest BCUT2D eigenvalue weighted by Gasteiger charge is 2.22. The third-order valence-corrected chi connectivity index (χ3v) is 2.90. The van der Waals surface area contributed by atoms with Crippen molar-refractivity contribution in [3.8, 4) is 0 Å². The molecule has 1 N–H and O–H groups in total. The fourth-order valence-electron chi connectivity index (χ4n) is 2.14. The number of aromatic nitrogens is 2. The topological polar surface area (TPSA) is 41.1 Å². The van der Waals surface area contributed by atoms with E-state index < -0.39 is 0 Å². The SMILES string of the molecule is COCN1CCc2[nH]nc(C(C)C)c2C1. The zero-order valence-corrected chi connectivity index (χ0v) is 9.71. The van der Waals surface area contributed by atoms with Gasteiger partial charge in [0.15, 0.2) is 0 Å². The van der Waals surface area contributed by atoms with Crippen LogP contribution in [-0.4, -0.2) is 35.5 Å². The Kier molecular flexibility index (Phi) is 3.07. The van der Waals surface area contributed by atoms with E-state index in [9.17, 15) is 0 Å². The lowest BCUT2D eigenvalue weighted by Crippen LogP contribution is -2.32. The quantitative estimate of drug-likeness (QED) is 0.820. The van der Waals surface area contributed by atoms with Gasteiger partial charge >= 0.3 is 0 Å². The molecule has 0 atom stereocenters. The molecule has 0 spiro atoms. The maximum Gasteiger partial charge on any atom is 0.0989 e. The van der Waals surface area contributed by atoms with Gasteiger partial charge in [0.2, 0.25) is 0 Å². The van der Waals surface area contributed by atoms with Crippen LogP contribution in [0.15, 0.2) is 0 Å². The van der Waals surface area contributed by atoms with Crippen molar-refractivity contribution in [3.63, 3.8) is 0 Å². The first-order chi connectivity index (χ1) is 7.22. The predicted molar refractivity (Wildman–Crippen MR) is 58.7 cm³/mol. The Bertz CT molecular complexity index is 333. The molecule has 1 aromatic heterocycles. The molecule has 0 saturated carbocycles. The number of ether oxygens (including phenoxy) is 1. The van der Waals surface area contributed by atoms with E-state index in [0.29, 0.717) is 12.6 Å². The fourth-order valence-corrected chi connectivity index (χ4v) is 2.14. The summed E-state index contributed by atoms with van der Waals surface area (Å²) in [6, 6.07) is 0. The van der Waals surface area contributed by atoms with Gasteiger partial charge in [-0.2, -0.15) is 5.10 Å². The van der Waals surface area contributed by atoms with E-state index in [2.05, 4.69) is 28.9 Å². The van der Waals surface area contributed by atoms with Crippen LogP contribution >= 0.6 is 0 Å². The molecule has 84 valence electrons. The van der Waals surface area contributed by atoms with Gasteiger partial charge in [-0.25, -0.2) is 0 Å². The molecular formula is C11H19N3O. The van der Waals surface area contributed by atoms with Gasteiger partial charge in [0, 0.05) is 37.9 Å². The number of rotatable bonds is 3. The van der Waals surface area contributed by atoms with E-state index in [0.717, 1.165) is 19.5 Å². The van der Waals surface area contributed by atoms with E-state index in [4.69, 9.17) is 4.74 Å². The Balaban J connectivity index is 2.18. The average Bonchev–Trinajstić information content (AvgIpc) is 2.61. The summed E-state index contributed by atoms with van der Waals surface area (Å²) in [5.41, 5.74) is 3.91. The monoisotopic (exact) mass is 209 g/mol. The van der Waals surface area contributed by atoms with Gasteiger partial charge in [0.1, 0.15) is 0 Å². The molecule has 0 unspecified atom stereocenters. The van der Waals surface area contributed by atoms with Gasteiger partial charge < -0.3 is 4.74 Å². The Morgan fingerprint density at radius 1 is 1.53 bits per heavy atom. The molecule has 0 saturated heterocycles. The lowest BCUT2D eigenvalue weighted by molar-refractivity contribution is 0.0539. The summed E-state index contributed by atoms with van der Waals surface area (Å²) >= 11 is 0. The summed E-state index contributed by atoms with van der Waals surface area (Å²) in [5, 5.41) is 7.55. The second kappa shape index (κ2) is 4.33. The van der Waals surface area contributed by atoms with E-state index in [1.54, 1.807) is 7.11 Å². The van der Waals surface area contributed by atoms with Gasteiger partial charge in [-0.15, -0.1) is 0 Å². The van der Waals surface area contributed by atoms with Crippen LogP contribution in [0.5, 0.6) is 0 Å². The number of H-pyrrole nitrogens is 1. The molecule has 4 heteroatoms. The number of hydrogen-bond donors (Lipinski definition) is 1. The lowest BCUT2D eigenvalue weighted by atomic mass is 10.00. The van der Waals surface area contributed by atoms with E-state index in [1.807, 2.05) is 0 Å². The summed E-state index contributed by atoms with van der Waals surface area (Å²) < 4.78 is 5.17. The molecule has 2 heterocycles. The molecule has 1 aromatic rings. The average molecular weight is 209 g/mol. The van der Waals surface area contributed by atoms with Gasteiger partial charge in [-0.05, 0) is 5.92 Å². The molecule has 0 fully saturated rings. The lowest BCUT2D eigenvalue weighted by Gasteiger charge is -2.26. The minimum atomic E-state index is 0.493. The van der Waals surface area contributed by atoms with E-state index in [-0.39, 0.29) is 0 Å². The van der Waals surface area contributed by atoms with Crippen LogP contribution in [0, 0.1) is 0 Å². The fraction of sp³-hybridized carbons (Fsp3) is 0.727. The van der Waals surface area contributed by atoms with Crippen molar-refractivity contribution in [1.29, 1.82) is 0 Å². The third-order valence-electron chi connectivity index (χ3n) is 2.90. The van der Waals surface area contributed by atoms with Crippen LogP contribution in [-0.2, 0) is 17.7 Å². The molecule has 0 aliphatic carbocycles. The predicted octanol–water partition coefficient (Wildman–Crippen LogP) is 1.50. The molecule has 1 aliphatic heterocycles.